The third kappa shape index (κ3) is 1.98. The third-order valence-corrected chi connectivity index (χ3v) is 1.89. The first-order valence-corrected chi connectivity index (χ1v) is 4.15. The van der Waals surface area contributed by atoms with E-state index in [0.29, 0.717) is 0 Å². The standard InChI is InChI=1S/C8H6ClF2NO2/c9-2-4-1-6(14)5(3-13)12-7(4)8(10)11/h1,3,8,14H,2H2. The van der Waals surface area contributed by atoms with Crippen molar-refractivity contribution in [1.29, 1.82) is 0 Å². The Labute approximate surface area is 83.3 Å². The molecule has 1 aromatic rings. The van der Waals surface area contributed by atoms with E-state index in [9.17, 15) is 13.6 Å². The van der Waals surface area contributed by atoms with Crippen molar-refractivity contribution in [3.05, 3.63) is 23.0 Å². The number of alkyl halides is 3. The predicted octanol–water partition coefficient (Wildman–Crippen LogP) is 2.28. The zero-order valence-electron chi connectivity index (χ0n) is 6.88. The molecule has 0 fully saturated rings. The van der Waals surface area contributed by atoms with Crippen LogP contribution < -0.4 is 0 Å². The smallest absolute Gasteiger partial charge is 0.280 e. The summed E-state index contributed by atoms with van der Waals surface area (Å²) < 4.78 is 24.7. The van der Waals surface area contributed by atoms with Crippen LogP contribution in [0, 0.1) is 0 Å². The summed E-state index contributed by atoms with van der Waals surface area (Å²) in [5.74, 6) is -0.639. The summed E-state index contributed by atoms with van der Waals surface area (Å²) in [4.78, 5) is 13.6. The fraction of sp³-hybridized carbons (Fsp3) is 0.250. The Balaban J connectivity index is 3.32. The summed E-state index contributed by atoms with van der Waals surface area (Å²) in [5.41, 5.74) is -0.959. The Morgan fingerprint density at radius 3 is 2.71 bits per heavy atom. The molecule has 0 spiro atoms. The fourth-order valence-corrected chi connectivity index (χ4v) is 1.17. The topological polar surface area (TPSA) is 50.2 Å². The summed E-state index contributed by atoms with van der Waals surface area (Å²) in [7, 11) is 0. The van der Waals surface area contributed by atoms with Crippen LogP contribution in [-0.4, -0.2) is 16.4 Å². The molecule has 0 aliphatic rings. The molecular formula is C8H6ClF2NO2. The number of rotatable bonds is 3. The van der Waals surface area contributed by atoms with Crippen LogP contribution >= 0.6 is 11.6 Å². The molecule has 0 radical (unpaired) electrons. The van der Waals surface area contributed by atoms with E-state index in [-0.39, 0.29) is 17.7 Å². The minimum atomic E-state index is -2.82. The van der Waals surface area contributed by atoms with Gasteiger partial charge in [-0.15, -0.1) is 11.6 Å². The lowest BCUT2D eigenvalue weighted by atomic mass is 10.2. The number of hydrogen-bond donors (Lipinski definition) is 1. The van der Waals surface area contributed by atoms with Crippen molar-refractivity contribution in [2.24, 2.45) is 0 Å². The molecule has 6 heteroatoms. The van der Waals surface area contributed by atoms with Gasteiger partial charge in [0.15, 0.2) is 6.29 Å². The Kier molecular flexibility index (Phi) is 3.35. The van der Waals surface area contributed by atoms with Crippen LogP contribution in [0.15, 0.2) is 6.07 Å². The first-order valence-electron chi connectivity index (χ1n) is 3.62. The third-order valence-electron chi connectivity index (χ3n) is 1.61. The molecule has 1 heterocycles. The van der Waals surface area contributed by atoms with Gasteiger partial charge in [0.05, 0.1) is 0 Å². The van der Waals surface area contributed by atoms with Crippen LogP contribution in [0.4, 0.5) is 8.78 Å². The Bertz CT molecular complexity index is 357. The Morgan fingerprint density at radius 2 is 2.29 bits per heavy atom. The van der Waals surface area contributed by atoms with Crippen molar-refractivity contribution in [3.8, 4) is 5.75 Å². The summed E-state index contributed by atoms with van der Waals surface area (Å²) in [6, 6.07) is 1.02. The number of halogens is 3. The van der Waals surface area contributed by atoms with Crippen LogP contribution in [0.5, 0.6) is 5.75 Å². The average molecular weight is 222 g/mol. The van der Waals surface area contributed by atoms with Crippen LogP contribution in [0.3, 0.4) is 0 Å². The van der Waals surface area contributed by atoms with Gasteiger partial charge in [-0.2, -0.15) is 0 Å². The van der Waals surface area contributed by atoms with Crippen molar-refractivity contribution < 1.29 is 18.7 Å². The molecule has 1 rings (SSSR count). The lowest BCUT2D eigenvalue weighted by Gasteiger charge is -2.06. The summed E-state index contributed by atoms with van der Waals surface area (Å²) >= 11 is 5.37. The van der Waals surface area contributed by atoms with Crippen LogP contribution in [0.25, 0.3) is 0 Å². The van der Waals surface area contributed by atoms with Gasteiger partial charge < -0.3 is 5.11 Å². The van der Waals surface area contributed by atoms with Crippen molar-refractivity contribution >= 4 is 17.9 Å². The average Bonchev–Trinajstić information content (AvgIpc) is 2.16. The maximum atomic E-state index is 12.3. The molecule has 0 unspecified atom stereocenters. The molecule has 0 aliphatic carbocycles. The van der Waals surface area contributed by atoms with Crippen LogP contribution in [0.1, 0.15) is 28.2 Å². The lowest BCUT2D eigenvalue weighted by molar-refractivity contribution is 0.111. The number of nitrogens with zero attached hydrogens (tertiary/aromatic N) is 1. The van der Waals surface area contributed by atoms with Gasteiger partial charge in [-0.1, -0.05) is 0 Å². The second-order valence-corrected chi connectivity index (χ2v) is 2.76. The highest BCUT2D eigenvalue weighted by Gasteiger charge is 2.17. The summed E-state index contributed by atoms with van der Waals surface area (Å²) in [6.45, 7) is 0. The maximum absolute atomic E-state index is 12.3. The number of aromatic nitrogens is 1. The maximum Gasteiger partial charge on any atom is 0.280 e. The molecule has 0 aliphatic heterocycles. The molecule has 0 saturated carbocycles. The van der Waals surface area contributed by atoms with Crippen molar-refractivity contribution in [1.82, 2.24) is 4.98 Å². The largest absolute Gasteiger partial charge is 0.506 e. The number of pyridine rings is 1. The van der Waals surface area contributed by atoms with Crippen molar-refractivity contribution in [2.75, 3.05) is 0 Å². The molecule has 1 N–H and O–H groups in total. The highest BCUT2D eigenvalue weighted by molar-refractivity contribution is 6.17. The van der Waals surface area contributed by atoms with Gasteiger partial charge in [-0.05, 0) is 11.6 Å². The Morgan fingerprint density at radius 1 is 1.64 bits per heavy atom. The molecule has 0 bridgehead atoms. The SMILES string of the molecule is O=Cc1nc(C(F)F)c(CCl)cc1O. The molecule has 3 nitrogen and oxygen atoms in total. The van der Waals surface area contributed by atoms with Gasteiger partial charge in [-0.3, -0.25) is 4.79 Å². The number of aromatic hydroxyl groups is 1. The van der Waals surface area contributed by atoms with E-state index in [4.69, 9.17) is 16.7 Å². The quantitative estimate of drug-likeness (QED) is 0.629. The number of carbonyl (C=O) groups is 1. The predicted molar refractivity (Wildman–Crippen MR) is 45.8 cm³/mol. The zero-order valence-corrected chi connectivity index (χ0v) is 7.63. The van der Waals surface area contributed by atoms with E-state index < -0.39 is 23.6 Å². The Hall–Kier alpha value is -1.23. The van der Waals surface area contributed by atoms with E-state index in [1.807, 2.05) is 0 Å². The van der Waals surface area contributed by atoms with Gasteiger partial charge in [0.25, 0.3) is 6.43 Å². The van der Waals surface area contributed by atoms with E-state index in [1.54, 1.807) is 0 Å². The van der Waals surface area contributed by atoms with E-state index in [1.165, 1.54) is 0 Å². The number of hydrogen-bond acceptors (Lipinski definition) is 3. The molecule has 0 saturated heterocycles. The number of carbonyl (C=O) groups excluding carboxylic acids is 1. The highest BCUT2D eigenvalue weighted by atomic mass is 35.5. The van der Waals surface area contributed by atoms with Crippen molar-refractivity contribution in [2.45, 2.75) is 12.3 Å². The second kappa shape index (κ2) is 4.32. The second-order valence-electron chi connectivity index (χ2n) is 2.49. The molecule has 0 amide bonds. The molecule has 0 aromatic carbocycles. The molecule has 14 heavy (non-hydrogen) atoms. The summed E-state index contributed by atoms with van der Waals surface area (Å²) in [5, 5.41) is 9.13. The van der Waals surface area contributed by atoms with Gasteiger partial charge in [-0.25, -0.2) is 13.8 Å². The number of aldehydes is 1. The van der Waals surface area contributed by atoms with Crippen LogP contribution in [-0.2, 0) is 5.88 Å². The molecular weight excluding hydrogens is 216 g/mol. The minimum absolute atomic E-state index is 0.0183. The fourth-order valence-electron chi connectivity index (χ4n) is 0.954. The lowest BCUT2D eigenvalue weighted by Crippen LogP contribution is -2.00. The first kappa shape index (κ1) is 10.8. The van der Waals surface area contributed by atoms with Gasteiger partial charge >= 0.3 is 0 Å². The monoisotopic (exact) mass is 221 g/mol. The van der Waals surface area contributed by atoms with Gasteiger partial charge in [0.1, 0.15) is 17.1 Å². The van der Waals surface area contributed by atoms with Gasteiger partial charge in [0.2, 0.25) is 0 Å². The summed E-state index contributed by atoms with van der Waals surface area (Å²) in [6.07, 6.45) is -2.61. The molecule has 0 atom stereocenters. The normalized spacial score (nSPS) is 10.6. The van der Waals surface area contributed by atoms with E-state index >= 15 is 0 Å². The van der Waals surface area contributed by atoms with Crippen LogP contribution in [0.2, 0.25) is 0 Å². The highest BCUT2D eigenvalue weighted by Crippen LogP contribution is 2.26. The zero-order chi connectivity index (χ0) is 10.7. The first-order chi connectivity index (χ1) is 6.60. The van der Waals surface area contributed by atoms with Crippen molar-refractivity contribution in [3.63, 3.8) is 0 Å². The van der Waals surface area contributed by atoms with Gasteiger partial charge in [0, 0.05) is 5.88 Å². The minimum Gasteiger partial charge on any atom is -0.506 e. The molecule has 1 aromatic heterocycles. The van der Waals surface area contributed by atoms with E-state index in [2.05, 4.69) is 4.98 Å². The molecule has 76 valence electrons. The van der Waals surface area contributed by atoms with E-state index in [0.717, 1.165) is 6.07 Å².